The van der Waals surface area contributed by atoms with Crippen molar-refractivity contribution in [1.29, 1.82) is 0 Å². The van der Waals surface area contributed by atoms with Crippen LogP contribution in [0.25, 0.3) is 0 Å². The minimum Gasteiger partial charge on any atom is -0.390 e. The lowest BCUT2D eigenvalue weighted by Gasteiger charge is -2.27. The van der Waals surface area contributed by atoms with E-state index < -0.39 is 6.10 Å². The summed E-state index contributed by atoms with van der Waals surface area (Å²) >= 11 is 0. The lowest BCUT2D eigenvalue weighted by Crippen LogP contribution is -2.39. The van der Waals surface area contributed by atoms with Crippen LogP contribution in [0.2, 0.25) is 0 Å². The topological polar surface area (TPSA) is 54.3 Å². The number of nitrogens with zero attached hydrogens (tertiary/aromatic N) is 2. The van der Waals surface area contributed by atoms with Crippen LogP contribution in [-0.4, -0.2) is 53.7 Å². The van der Waals surface area contributed by atoms with E-state index in [-0.39, 0.29) is 30.4 Å². The summed E-state index contributed by atoms with van der Waals surface area (Å²) in [4.78, 5) is 7.65. The van der Waals surface area contributed by atoms with Crippen LogP contribution in [0.1, 0.15) is 31.4 Å². The van der Waals surface area contributed by atoms with Crippen molar-refractivity contribution in [1.82, 2.24) is 4.90 Å². The Labute approximate surface area is 175 Å². The van der Waals surface area contributed by atoms with Gasteiger partial charge in [0.15, 0.2) is 0 Å². The molecule has 2 aromatic carbocycles. The zero-order chi connectivity index (χ0) is 21.5. The first-order valence-electron chi connectivity index (χ1n) is 10.1. The highest BCUT2D eigenvalue weighted by molar-refractivity contribution is 6.01. The maximum Gasteiger partial charge on any atom is 0.145 e. The van der Waals surface area contributed by atoms with Crippen molar-refractivity contribution in [2.75, 3.05) is 19.7 Å². The van der Waals surface area contributed by atoms with Gasteiger partial charge < -0.3 is 14.7 Å². The van der Waals surface area contributed by atoms with Gasteiger partial charge in [-0.05, 0) is 49.2 Å². The van der Waals surface area contributed by atoms with Crippen molar-refractivity contribution in [2.24, 2.45) is 5.16 Å². The van der Waals surface area contributed by atoms with Crippen LogP contribution in [0, 0.1) is 11.6 Å². The molecule has 0 radical (unpaired) electrons. The molecule has 1 aliphatic rings. The van der Waals surface area contributed by atoms with Crippen LogP contribution in [0.15, 0.2) is 53.7 Å². The molecule has 0 aromatic heterocycles. The van der Waals surface area contributed by atoms with E-state index in [1.807, 2.05) is 13.8 Å². The van der Waals surface area contributed by atoms with Crippen molar-refractivity contribution >= 4 is 5.71 Å². The number of aliphatic hydroxyl groups is 1. The van der Waals surface area contributed by atoms with E-state index in [0.29, 0.717) is 26.1 Å². The molecule has 0 bridgehead atoms. The molecule has 5 nitrogen and oxygen atoms in total. The van der Waals surface area contributed by atoms with E-state index in [9.17, 15) is 13.9 Å². The fraction of sp³-hybridized carbons (Fsp3) is 0.435. The van der Waals surface area contributed by atoms with Gasteiger partial charge in [-0.15, -0.1) is 0 Å². The van der Waals surface area contributed by atoms with Crippen molar-refractivity contribution in [3.63, 3.8) is 0 Å². The average molecular weight is 418 g/mol. The molecule has 162 valence electrons. The molecule has 1 aliphatic heterocycles. The quantitative estimate of drug-likeness (QED) is 0.639. The smallest absolute Gasteiger partial charge is 0.145 e. The molecule has 0 aliphatic carbocycles. The monoisotopic (exact) mass is 418 g/mol. The number of hydrogen-bond donors (Lipinski definition) is 1. The Morgan fingerprint density at radius 2 is 1.73 bits per heavy atom. The fourth-order valence-electron chi connectivity index (χ4n) is 3.33. The normalized spacial score (nSPS) is 17.3. The molecule has 30 heavy (non-hydrogen) atoms. The van der Waals surface area contributed by atoms with E-state index in [0.717, 1.165) is 16.8 Å². The van der Waals surface area contributed by atoms with E-state index in [4.69, 9.17) is 9.57 Å². The lowest BCUT2D eigenvalue weighted by atomic mass is 10.0. The van der Waals surface area contributed by atoms with Crippen molar-refractivity contribution < 1.29 is 23.5 Å². The van der Waals surface area contributed by atoms with Gasteiger partial charge >= 0.3 is 0 Å². The number of rotatable bonds is 10. The Morgan fingerprint density at radius 1 is 1.10 bits per heavy atom. The maximum atomic E-state index is 13.2. The summed E-state index contributed by atoms with van der Waals surface area (Å²) in [6, 6.07) is 12.5. The number of ether oxygens (including phenoxy) is 1. The molecule has 2 aromatic rings. The highest BCUT2D eigenvalue weighted by Crippen LogP contribution is 2.19. The molecule has 0 saturated carbocycles. The second-order valence-electron chi connectivity index (χ2n) is 7.83. The standard InChI is InChI=1S/C23H28F2N2O3/c1-16(2)29-15-21(28)13-27(12-17-3-7-19(24)8-4-17)14-22-11-23(26-30-22)18-5-9-20(25)10-6-18/h3-10,16,21-22,28H,11-15H2,1-2H3/t21-,22-/m1/s1. The van der Waals surface area contributed by atoms with Gasteiger partial charge in [-0.2, -0.15) is 0 Å². The third kappa shape index (κ3) is 6.86. The highest BCUT2D eigenvalue weighted by Gasteiger charge is 2.26. The maximum absolute atomic E-state index is 13.2. The minimum atomic E-state index is -0.660. The second kappa shape index (κ2) is 10.6. The summed E-state index contributed by atoms with van der Waals surface area (Å²) in [6.45, 7) is 5.53. The molecular weight excluding hydrogens is 390 g/mol. The van der Waals surface area contributed by atoms with Crippen LogP contribution in [0.4, 0.5) is 8.78 Å². The van der Waals surface area contributed by atoms with Crippen LogP contribution in [0.5, 0.6) is 0 Å². The van der Waals surface area contributed by atoms with E-state index >= 15 is 0 Å². The van der Waals surface area contributed by atoms with Gasteiger partial charge in [0.25, 0.3) is 0 Å². The molecule has 3 rings (SSSR count). The number of benzene rings is 2. The molecule has 0 spiro atoms. The minimum absolute atomic E-state index is 0.0371. The molecule has 0 unspecified atom stereocenters. The first-order valence-corrected chi connectivity index (χ1v) is 10.1. The number of hydrogen-bond acceptors (Lipinski definition) is 5. The van der Waals surface area contributed by atoms with Gasteiger partial charge in [-0.25, -0.2) is 8.78 Å². The largest absolute Gasteiger partial charge is 0.390 e. The number of halogens is 2. The summed E-state index contributed by atoms with van der Waals surface area (Å²) in [7, 11) is 0. The van der Waals surface area contributed by atoms with Crippen molar-refractivity contribution in [3.8, 4) is 0 Å². The Balaban J connectivity index is 1.61. The molecule has 2 atom stereocenters. The Morgan fingerprint density at radius 3 is 2.37 bits per heavy atom. The van der Waals surface area contributed by atoms with Gasteiger partial charge in [0.1, 0.15) is 17.7 Å². The van der Waals surface area contributed by atoms with Crippen LogP contribution in [-0.2, 0) is 16.1 Å². The molecule has 0 fully saturated rings. The molecule has 0 saturated heterocycles. The number of oxime groups is 1. The lowest BCUT2D eigenvalue weighted by molar-refractivity contribution is -0.0194. The van der Waals surface area contributed by atoms with Crippen LogP contribution in [0.3, 0.4) is 0 Å². The van der Waals surface area contributed by atoms with Gasteiger partial charge in [0.2, 0.25) is 0 Å². The zero-order valence-corrected chi connectivity index (χ0v) is 17.3. The Bertz CT molecular complexity index is 825. The summed E-state index contributed by atoms with van der Waals surface area (Å²) in [5, 5.41) is 14.5. The average Bonchev–Trinajstić information content (AvgIpc) is 3.17. The molecule has 0 amide bonds. The van der Waals surface area contributed by atoms with Gasteiger partial charge in [-0.1, -0.05) is 29.4 Å². The van der Waals surface area contributed by atoms with Gasteiger partial charge in [0.05, 0.1) is 24.5 Å². The summed E-state index contributed by atoms with van der Waals surface area (Å²) < 4.78 is 31.9. The van der Waals surface area contributed by atoms with E-state index in [2.05, 4.69) is 10.1 Å². The third-order valence-corrected chi connectivity index (χ3v) is 4.78. The van der Waals surface area contributed by atoms with E-state index in [1.54, 1.807) is 24.3 Å². The van der Waals surface area contributed by atoms with Gasteiger partial charge in [-0.3, -0.25) is 4.90 Å². The molecule has 7 heteroatoms. The predicted molar refractivity (Wildman–Crippen MR) is 111 cm³/mol. The predicted octanol–water partition coefficient (Wildman–Crippen LogP) is 3.75. The zero-order valence-electron chi connectivity index (χ0n) is 17.3. The fourth-order valence-corrected chi connectivity index (χ4v) is 3.33. The van der Waals surface area contributed by atoms with Crippen molar-refractivity contribution in [3.05, 3.63) is 71.3 Å². The summed E-state index contributed by atoms with van der Waals surface area (Å²) in [6.07, 6.45) is -0.227. The number of aliphatic hydroxyl groups excluding tert-OH is 1. The van der Waals surface area contributed by atoms with Crippen LogP contribution >= 0.6 is 0 Å². The van der Waals surface area contributed by atoms with Crippen LogP contribution < -0.4 is 0 Å². The highest BCUT2D eigenvalue weighted by atomic mass is 19.1. The van der Waals surface area contributed by atoms with E-state index in [1.165, 1.54) is 24.3 Å². The van der Waals surface area contributed by atoms with Crippen molar-refractivity contribution in [2.45, 2.75) is 45.1 Å². The molecule has 1 N–H and O–H groups in total. The second-order valence-corrected chi connectivity index (χ2v) is 7.83. The Hall–Kier alpha value is -2.35. The third-order valence-electron chi connectivity index (χ3n) is 4.78. The first-order chi connectivity index (χ1) is 14.4. The van der Waals surface area contributed by atoms with Gasteiger partial charge in [0, 0.05) is 26.1 Å². The molecule has 1 heterocycles. The molecular formula is C23H28F2N2O3. The summed E-state index contributed by atoms with van der Waals surface area (Å²) in [5.41, 5.74) is 2.53. The SMILES string of the molecule is CC(C)OC[C@H](O)CN(Cc1ccc(F)cc1)C[C@H]1CC(c2ccc(F)cc2)=NO1. The Kier molecular flexibility index (Phi) is 7.90. The summed E-state index contributed by atoms with van der Waals surface area (Å²) in [5.74, 6) is -0.579. The first kappa shape index (κ1) is 22.3.